The van der Waals surface area contributed by atoms with E-state index in [9.17, 15) is 19.5 Å². The highest BCUT2D eigenvalue weighted by Gasteiger charge is 2.43. The second-order valence-corrected chi connectivity index (χ2v) is 11.6. The summed E-state index contributed by atoms with van der Waals surface area (Å²) in [5.74, 6) is -2.83. The van der Waals surface area contributed by atoms with Gasteiger partial charge in [-0.2, -0.15) is 0 Å². The van der Waals surface area contributed by atoms with Crippen LogP contribution in [0.2, 0.25) is 40.2 Å². The van der Waals surface area contributed by atoms with Crippen molar-refractivity contribution in [2.75, 3.05) is 4.90 Å². The average Bonchev–Trinajstić information content (AvgIpc) is 3.41. The molecule has 2 aliphatic rings. The number of hydrogen-bond acceptors (Lipinski definition) is 5. The number of carbonyl (C=O) groups is 3. The third-order valence-corrected chi connectivity index (χ3v) is 10.1. The Balaban J connectivity index is 0.00000138. The van der Waals surface area contributed by atoms with Gasteiger partial charge in [0.1, 0.15) is 5.76 Å². The number of carbonyl (C=O) groups excluding carboxylic acids is 3. The number of hydrogen-bond donors (Lipinski definition) is 1. The van der Waals surface area contributed by atoms with Crippen LogP contribution in [0.1, 0.15) is 78.5 Å². The Bertz CT molecular complexity index is 1930. The summed E-state index contributed by atoms with van der Waals surface area (Å²) in [7, 11) is 0. The minimum atomic E-state index is -0.806. The smallest absolute Gasteiger partial charge is 0.267 e. The minimum Gasteiger partial charge on any atom is -0.506 e. The summed E-state index contributed by atoms with van der Waals surface area (Å²) >= 11 is 49.7. The number of anilines is 1. The van der Waals surface area contributed by atoms with Crippen LogP contribution in [0.25, 0.3) is 22.2 Å². The first-order valence-corrected chi connectivity index (χ1v) is 14.9. The fraction of sp³-hybridized carbons (Fsp3) is 0.161. The van der Waals surface area contributed by atoms with Crippen LogP contribution >= 0.6 is 92.8 Å². The van der Waals surface area contributed by atoms with Crippen molar-refractivity contribution in [3.05, 3.63) is 98.5 Å². The molecule has 0 spiro atoms. The van der Waals surface area contributed by atoms with Crippen LogP contribution in [0, 0.1) is 0 Å². The Morgan fingerprint density at radius 2 is 1.04 bits per heavy atom. The van der Waals surface area contributed by atoms with Crippen molar-refractivity contribution in [1.29, 1.82) is 0 Å². The van der Waals surface area contributed by atoms with E-state index in [-0.39, 0.29) is 107 Å². The van der Waals surface area contributed by atoms with Gasteiger partial charge in [-0.3, -0.25) is 14.4 Å². The molecule has 1 aliphatic heterocycles. The van der Waals surface area contributed by atoms with Crippen LogP contribution < -0.4 is 4.90 Å². The summed E-state index contributed by atoms with van der Waals surface area (Å²) in [6.07, 6.45) is 0. The summed E-state index contributed by atoms with van der Waals surface area (Å²) < 4.78 is 0. The number of halogens is 8. The van der Waals surface area contributed by atoms with Crippen LogP contribution in [-0.2, 0) is 0 Å². The quantitative estimate of drug-likeness (QED) is 0.125. The van der Waals surface area contributed by atoms with Crippen LogP contribution in [0.5, 0.6) is 0 Å². The van der Waals surface area contributed by atoms with Gasteiger partial charge in [0, 0.05) is 5.39 Å². The fourth-order valence-electron chi connectivity index (χ4n) is 4.68. The van der Waals surface area contributed by atoms with Gasteiger partial charge >= 0.3 is 0 Å². The van der Waals surface area contributed by atoms with E-state index >= 15 is 0 Å². The van der Waals surface area contributed by atoms with Gasteiger partial charge < -0.3 is 5.11 Å². The number of fused-ring (bicyclic) bond motifs is 3. The lowest BCUT2D eigenvalue weighted by atomic mass is 10.0. The number of para-hydroxylation sites is 1. The number of imide groups is 1. The van der Waals surface area contributed by atoms with Gasteiger partial charge in [-0.1, -0.05) is 147 Å². The molecule has 0 saturated heterocycles. The Hall–Kier alpha value is -2.26. The van der Waals surface area contributed by atoms with Crippen molar-refractivity contribution in [2.45, 2.75) is 36.1 Å². The maximum atomic E-state index is 13.5. The predicted octanol–water partition coefficient (Wildman–Crippen LogP) is 12.8. The SMILES string of the molecule is C.C.C.CC.O=C1C(c2ccc3cccc(N4C(=O)c5c(Cl)c(Cl)c(Cl)c(Cl)c5C4=O)c3n2)=C(O)c2c(Cl)c(Cl)c(Cl)c(Cl)c21. The van der Waals surface area contributed by atoms with Crippen molar-refractivity contribution in [1.82, 2.24) is 4.98 Å². The summed E-state index contributed by atoms with van der Waals surface area (Å²) in [4.78, 5) is 45.8. The topological polar surface area (TPSA) is 87.6 Å². The molecule has 238 valence electrons. The van der Waals surface area contributed by atoms with E-state index in [2.05, 4.69) is 4.98 Å². The molecule has 45 heavy (non-hydrogen) atoms. The molecule has 0 saturated carbocycles. The van der Waals surface area contributed by atoms with E-state index in [1.165, 1.54) is 12.1 Å². The van der Waals surface area contributed by atoms with Gasteiger partial charge in [0.25, 0.3) is 11.8 Å². The molecule has 4 aromatic rings. The number of nitrogens with zero attached hydrogens (tertiary/aromatic N) is 2. The molecular weight excluding hydrogens is 748 g/mol. The number of aliphatic hydroxyl groups excluding tert-OH is 1. The molecule has 0 bridgehead atoms. The van der Waals surface area contributed by atoms with E-state index in [0.717, 1.165) is 4.90 Å². The molecule has 1 aromatic heterocycles. The molecule has 1 aliphatic carbocycles. The van der Waals surface area contributed by atoms with Gasteiger partial charge in [0.2, 0.25) is 5.78 Å². The largest absolute Gasteiger partial charge is 0.506 e. The molecule has 1 N–H and O–H groups in total. The predicted molar refractivity (Wildman–Crippen MR) is 191 cm³/mol. The average molecular weight is 772 g/mol. The van der Waals surface area contributed by atoms with Crippen molar-refractivity contribution in [3.8, 4) is 0 Å². The first kappa shape index (κ1) is 38.9. The number of allylic oxidation sites excluding steroid dienone is 1. The molecular formula is C31H24Cl8N2O4. The first-order valence-electron chi connectivity index (χ1n) is 11.9. The van der Waals surface area contributed by atoms with E-state index in [4.69, 9.17) is 92.8 Å². The van der Waals surface area contributed by atoms with Gasteiger partial charge in [-0.25, -0.2) is 9.88 Å². The lowest BCUT2D eigenvalue weighted by Gasteiger charge is -2.16. The lowest BCUT2D eigenvalue weighted by Crippen LogP contribution is -2.29. The number of aliphatic hydroxyl groups is 1. The Morgan fingerprint density at radius 3 is 1.53 bits per heavy atom. The molecule has 0 radical (unpaired) electrons. The summed E-state index contributed by atoms with van der Waals surface area (Å²) in [5, 5.41) is 10.1. The maximum Gasteiger partial charge on any atom is 0.267 e. The van der Waals surface area contributed by atoms with E-state index in [1.807, 2.05) is 13.8 Å². The molecule has 0 atom stereocenters. The molecule has 6 nitrogen and oxygen atoms in total. The van der Waals surface area contributed by atoms with Crippen LogP contribution in [0.4, 0.5) is 5.69 Å². The second kappa shape index (κ2) is 14.2. The van der Waals surface area contributed by atoms with Gasteiger partial charge in [0.05, 0.1) is 84.9 Å². The highest BCUT2D eigenvalue weighted by Crippen LogP contribution is 2.50. The van der Waals surface area contributed by atoms with E-state index in [1.54, 1.807) is 18.2 Å². The number of rotatable bonds is 2. The van der Waals surface area contributed by atoms with Crippen molar-refractivity contribution >= 4 is 138 Å². The van der Waals surface area contributed by atoms with Gasteiger partial charge in [-0.15, -0.1) is 0 Å². The molecule has 2 heterocycles. The maximum absolute atomic E-state index is 13.5. The Kier molecular flexibility index (Phi) is 12.3. The highest BCUT2D eigenvalue weighted by atomic mass is 35.5. The summed E-state index contributed by atoms with van der Waals surface area (Å²) in [6, 6.07) is 7.81. The number of ketones is 1. The van der Waals surface area contributed by atoms with Crippen LogP contribution in [-0.4, -0.2) is 27.7 Å². The Morgan fingerprint density at radius 1 is 0.600 bits per heavy atom. The molecule has 2 amide bonds. The monoisotopic (exact) mass is 768 g/mol. The standard InChI is InChI=1S/C26H6Cl8N2O4.C2H6.3CH4/c27-14-10-11(15(28)19(32)18(14)31)24(38)9(23(10)37)7-5-4-6-2-1-3-8(22(6)35-7)36-25(39)12-13(26(36)40)17(30)21(34)20(33)16(12)29;1-2;;;/h1-5,37H;1-2H3;3*1H4. The fourth-order valence-corrected chi connectivity index (χ4v) is 6.72. The zero-order valence-electron chi connectivity index (χ0n) is 21.0. The molecule has 0 unspecified atom stereocenters. The van der Waals surface area contributed by atoms with Crippen molar-refractivity contribution in [3.63, 3.8) is 0 Å². The first-order chi connectivity index (χ1) is 19.9. The molecule has 6 rings (SSSR count). The minimum absolute atomic E-state index is 0. The van der Waals surface area contributed by atoms with Gasteiger partial charge in [-0.05, 0) is 12.1 Å². The van der Waals surface area contributed by atoms with Crippen LogP contribution in [0.3, 0.4) is 0 Å². The normalized spacial score (nSPS) is 13.1. The van der Waals surface area contributed by atoms with Crippen molar-refractivity contribution in [2.24, 2.45) is 0 Å². The molecule has 0 fully saturated rings. The van der Waals surface area contributed by atoms with Crippen LogP contribution in [0.15, 0.2) is 30.3 Å². The summed E-state index contributed by atoms with van der Waals surface area (Å²) in [6.45, 7) is 4.00. The summed E-state index contributed by atoms with van der Waals surface area (Å²) in [5.41, 5.74) is -0.695. The zero-order chi connectivity index (χ0) is 30.9. The highest BCUT2D eigenvalue weighted by molar-refractivity contribution is 6.58. The molecule has 14 heteroatoms. The molecule has 3 aromatic carbocycles. The number of pyridine rings is 1. The zero-order valence-corrected chi connectivity index (χ0v) is 27.0. The van der Waals surface area contributed by atoms with E-state index < -0.39 is 23.4 Å². The van der Waals surface area contributed by atoms with E-state index in [0.29, 0.717) is 5.39 Å². The third-order valence-electron chi connectivity index (χ3n) is 6.49. The van der Waals surface area contributed by atoms with Crippen molar-refractivity contribution < 1.29 is 19.5 Å². The third kappa shape index (κ3) is 5.57. The number of Topliss-reactive ketones (excluding diaryl/α,β-unsaturated/α-hetero) is 1. The number of aromatic nitrogens is 1. The Labute approximate surface area is 300 Å². The second-order valence-electron chi connectivity index (χ2n) is 8.56. The number of benzene rings is 3. The lowest BCUT2D eigenvalue weighted by molar-refractivity contribution is 0.0925. The number of amides is 2. The van der Waals surface area contributed by atoms with Gasteiger partial charge in [0.15, 0.2) is 0 Å².